The Morgan fingerprint density at radius 1 is 0.298 bits per heavy atom. The lowest BCUT2D eigenvalue weighted by Crippen LogP contribution is -2.30. The van der Waals surface area contributed by atoms with Gasteiger partial charge in [0.25, 0.3) is 0 Å². The maximum Gasteiger partial charge on any atom is 0.472 e. The maximum atomic E-state index is 13.0. The first-order chi connectivity index (χ1) is 45.7. The molecule has 0 bridgehead atoms. The van der Waals surface area contributed by atoms with Crippen LogP contribution in [0.5, 0.6) is 0 Å². The van der Waals surface area contributed by atoms with Gasteiger partial charge < -0.3 is 33.8 Å². The van der Waals surface area contributed by atoms with E-state index in [1.165, 1.54) is 51.4 Å². The van der Waals surface area contributed by atoms with Gasteiger partial charge in [-0.3, -0.25) is 37.3 Å². The summed E-state index contributed by atoms with van der Waals surface area (Å²) in [7, 11) is -9.95. The minimum absolute atomic E-state index is 0.0762. The van der Waals surface area contributed by atoms with E-state index in [0.29, 0.717) is 25.7 Å². The first-order valence-electron chi connectivity index (χ1n) is 36.8. The Kier molecular flexibility index (Phi) is 65.1. The smallest absolute Gasteiger partial charge is 0.462 e. The molecular formula is C75H132O17P2. The van der Waals surface area contributed by atoms with Crippen LogP contribution in [0.4, 0.5) is 0 Å². The highest BCUT2D eigenvalue weighted by molar-refractivity contribution is 7.47. The van der Waals surface area contributed by atoms with E-state index in [0.717, 1.165) is 180 Å². The van der Waals surface area contributed by atoms with Crippen LogP contribution in [0.15, 0.2) is 85.1 Å². The number of phosphoric acid groups is 2. The number of aliphatic hydroxyl groups excluding tert-OH is 1. The summed E-state index contributed by atoms with van der Waals surface area (Å²) in [6.45, 7) is 4.66. The Labute approximate surface area is 570 Å². The molecule has 3 N–H and O–H groups in total. The van der Waals surface area contributed by atoms with Crippen LogP contribution in [0.2, 0.25) is 0 Å². The number of allylic oxidation sites excluding steroid dienone is 14. The van der Waals surface area contributed by atoms with Crippen LogP contribution in [0, 0.1) is 0 Å². The van der Waals surface area contributed by atoms with Crippen molar-refractivity contribution in [2.75, 3.05) is 39.6 Å². The van der Waals surface area contributed by atoms with Gasteiger partial charge in [0.15, 0.2) is 12.2 Å². The average Bonchev–Trinajstić information content (AvgIpc) is 1.22. The van der Waals surface area contributed by atoms with E-state index >= 15 is 0 Å². The second-order valence-electron chi connectivity index (χ2n) is 24.5. The number of phosphoric ester groups is 2. The van der Waals surface area contributed by atoms with Gasteiger partial charge in [-0.2, -0.15) is 0 Å². The van der Waals surface area contributed by atoms with Gasteiger partial charge in [0.2, 0.25) is 0 Å². The summed E-state index contributed by atoms with van der Waals surface area (Å²) in [4.78, 5) is 72.6. The second kappa shape index (κ2) is 67.8. The molecule has 0 saturated heterocycles. The van der Waals surface area contributed by atoms with E-state index in [4.69, 9.17) is 37.0 Å². The van der Waals surface area contributed by atoms with Crippen LogP contribution in [0.25, 0.3) is 0 Å². The lowest BCUT2D eigenvalue weighted by molar-refractivity contribution is -0.161. The van der Waals surface area contributed by atoms with Crippen LogP contribution in [0.3, 0.4) is 0 Å². The lowest BCUT2D eigenvalue weighted by atomic mass is 10.1. The molecule has 0 heterocycles. The summed E-state index contributed by atoms with van der Waals surface area (Å²) in [5.41, 5.74) is 0. The minimum atomic E-state index is -4.97. The highest BCUT2D eigenvalue weighted by atomic mass is 31.2. The molecule has 0 rings (SSSR count). The van der Waals surface area contributed by atoms with Crippen molar-refractivity contribution in [2.24, 2.45) is 0 Å². The molecule has 0 fully saturated rings. The topological polar surface area (TPSA) is 237 Å². The first kappa shape index (κ1) is 90.2. The van der Waals surface area contributed by atoms with Gasteiger partial charge in [0, 0.05) is 25.7 Å². The molecule has 5 atom stereocenters. The third-order valence-corrected chi connectivity index (χ3v) is 17.2. The molecule has 17 nitrogen and oxygen atoms in total. The van der Waals surface area contributed by atoms with Gasteiger partial charge in [-0.1, -0.05) is 235 Å². The summed E-state index contributed by atoms with van der Waals surface area (Å²) in [6, 6.07) is 0. The minimum Gasteiger partial charge on any atom is -0.462 e. The third kappa shape index (κ3) is 66.8. The van der Waals surface area contributed by atoms with E-state index in [9.17, 15) is 43.2 Å². The molecule has 0 amide bonds. The normalized spacial score (nSPS) is 14.5. The zero-order valence-corrected chi connectivity index (χ0v) is 60.9. The van der Waals surface area contributed by atoms with E-state index < -0.39 is 97.5 Å². The summed E-state index contributed by atoms with van der Waals surface area (Å²) >= 11 is 0. The molecule has 19 heteroatoms. The predicted octanol–water partition coefficient (Wildman–Crippen LogP) is 20.7. The van der Waals surface area contributed by atoms with E-state index in [-0.39, 0.29) is 25.7 Å². The number of unbranched alkanes of at least 4 members (excludes halogenated alkanes) is 29. The standard InChI is InChI=1S/C75H132O17P2/c1-5-9-13-17-21-25-29-32-34-37-40-43-47-51-55-59-72(77)85-65-70(91-74(79)61-57-53-49-45-39-28-24-20-16-12-8-4)67-89-93(81,82)87-63-69(76)64-88-94(83,84)90-68-71(92-75(80)62-58-54-50-46-42-36-31-27-23-19-15-11-7-3)66-86-73(78)60-56-52-48-44-41-38-35-33-30-26-22-18-14-10-6-2/h15,19-22,24-27,31-35,69-71,76H,5-14,16-18,23,28-30,36-68H2,1-4H3,(H,81,82)(H,83,84)/b19-15-,24-20-,25-21-,26-22-,31-27-,34-32-,35-33-. The zero-order chi connectivity index (χ0) is 69.0. The molecule has 0 aliphatic rings. The Morgan fingerprint density at radius 2 is 0.553 bits per heavy atom. The predicted molar refractivity (Wildman–Crippen MR) is 381 cm³/mol. The Bertz CT molecular complexity index is 2120. The number of carbonyl (C=O) groups is 4. The quantitative estimate of drug-likeness (QED) is 0.0169. The molecule has 0 aliphatic heterocycles. The number of carbonyl (C=O) groups excluding carboxylic acids is 4. The van der Waals surface area contributed by atoms with Crippen molar-refractivity contribution in [3.05, 3.63) is 85.1 Å². The number of hydrogen-bond acceptors (Lipinski definition) is 15. The third-order valence-electron chi connectivity index (χ3n) is 15.3. The molecule has 5 unspecified atom stereocenters. The molecule has 0 radical (unpaired) electrons. The van der Waals surface area contributed by atoms with Gasteiger partial charge in [0.05, 0.1) is 26.4 Å². The monoisotopic (exact) mass is 1370 g/mol. The first-order valence-corrected chi connectivity index (χ1v) is 39.8. The molecule has 0 spiro atoms. The number of esters is 4. The Balaban J connectivity index is 5.34. The van der Waals surface area contributed by atoms with Crippen molar-refractivity contribution in [3.63, 3.8) is 0 Å². The molecular weight excluding hydrogens is 1230 g/mol. The van der Waals surface area contributed by atoms with Crippen molar-refractivity contribution in [1.29, 1.82) is 0 Å². The fourth-order valence-electron chi connectivity index (χ4n) is 9.59. The van der Waals surface area contributed by atoms with E-state index in [1.807, 2.05) is 0 Å². The number of rotatable bonds is 69. The van der Waals surface area contributed by atoms with Crippen LogP contribution in [-0.4, -0.2) is 96.7 Å². The molecule has 94 heavy (non-hydrogen) atoms. The maximum absolute atomic E-state index is 13.0. The summed E-state index contributed by atoms with van der Waals surface area (Å²) in [5, 5.41) is 10.6. The van der Waals surface area contributed by atoms with E-state index in [1.54, 1.807) is 0 Å². The zero-order valence-electron chi connectivity index (χ0n) is 59.1. The van der Waals surface area contributed by atoms with Gasteiger partial charge >= 0.3 is 39.5 Å². The van der Waals surface area contributed by atoms with Gasteiger partial charge in [-0.25, -0.2) is 9.13 Å². The molecule has 0 aromatic heterocycles. The van der Waals surface area contributed by atoms with Crippen LogP contribution >= 0.6 is 15.6 Å². The lowest BCUT2D eigenvalue weighted by Gasteiger charge is -2.21. The van der Waals surface area contributed by atoms with Crippen molar-refractivity contribution >= 4 is 39.5 Å². The highest BCUT2D eigenvalue weighted by Gasteiger charge is 2.30. The fourth-order valence-corrected chi connectivity index (χ4v) is 11.2. The van der Waals surface area contributed by atoms with Crippen molar-refractivity contribution in [2.45, 2.75) is 329 Å². The van der Waals surface area contributed by atoms with Crippen molar-refractivity contribution in [3.8, 4) is 0 Å². The molecule has 0 aromatic carbocycles. The second-order valence-corrected chi connectivity index (χ2v) is 27.4. The summed E-state index contributed by atoms with van der Waals surface area (Å²) < 4.78 is 68.3. The van der Waals surface area contributed by atoms with Crippen LogP contribution in [0.1, 0.15) is 310 Å². The molecule has 0 aliphatic carbocycles. The summed E-state index contributed by atoms with van der Waals surface area (Å²) in [6.07, 6.45) is 67.3. The molecule has 0 saturated carbocycles. The van der Waals surface area contributed by atoms with Crippen LogP contribution < -0.4 is 0 Å². The number of aliphatic hydroxyl groups is 1. The number of ether oxygens (including phenoxy) is 4. The van der Waals surface area contributed by atoms with Gasteiger partial charge in [-0.05, 0) is 135 Å². The Hall–Kier alpha value is -3.76. The van der Waals surface area contributed by atoms with Crippen molar-refractivity contribution < 1.29 is 80.2 Å². The average molecular weight is 1370 g/mol. The molecule has 0 aromatic rings. The number of hydrogen-bond donors (Lipinski definition) is 3. The molecule has 544 valence electrons. The summed E-state index contributed by atoms with van der Waals surface area (Å²) in [5.74, 6) is -2.22. The van der Waals surface area contributed by atoms with Gasteiger partial charge in [0.1, 0.15) is 19.3 Å². The van der Waals surface area contributed by atoms with Gasteiger partial charge in [-0.15, -0.1) is 0 Å². The van der Waals surface area contributed by atoms with E-state index in [2.05, 4.69) is 113 Å². The SMILES string of the molecule is CCC/C=C\C/C=C\CCCCCCCC(=O)OC(COC(=O)CCCCCCC/C=C\C/C=C\CCCCC)COP(=O)(O)OCC(O)COP(=O)(O)OCC(COC(=O)CCCCCCC/C=C\C/C=C\CCCCC)OC(=O)CCCCCCC/C=C\CCCC. The Morgan fingerprint density at radius 3 is 0.872 bits per heavy atom. The highest BCUT2D eigenvalue weighted by Crippen LogP contribution is 2.45. The fraction of sp³-hybridized carbons (Fsp3) is 0.760. The van der Waals surface area contributed by atoms with Crippen LogP contribution in [-0.2, 0) is 65.4 Å². The van der Waals surface area contributed by atoms with Crippen molar-refractivity contribution in [1.82, 2.24) is 0 Å². The largest absolute Gasteiger partial charge is 0.472 e.